The molecule has 1 saturated heterocycles. The Labute approximate surface area is 96.0 Å². The molecule has 1 rings (SSSR count). The van der Waals surface area contributed by atoms with Crippen LogP contribution in [0.25, 0.3) is 0 Å². The number of nitriles is 1. The Morgan fingerprint density at radius 2 is 1.71 bits per heavy atom. The van der Waals surface area contributed by atoms with E-state index in [9.17, 15) is 22.8 Å². The molecular formula is C10H11F3N2O2. The maximum atomic E-state index is 12.4. The molecule has 7 heteroatoms. The zero-order valence-electron chi connectivity index (χ0n) is 9.28. The zero-order valence-corrected chi connectivity index (χ0v) is 9.28. The van der Waals surface area contributed by atoms with E-state index in [4.69, 9.17) is 5.26 Å². The number of hydrogen-bond acceptors (Lipinski definition) is 3. The van der Waals surface area contributed by atoms with Crippen LogP contribution in [-0.4, -0.2) is 29.4 Å². The molecule has 0 N–H and O–H groups in total. The number of amides is 2. The molecule has 0 aromatic heterocycles. The lowest BCUT2D eigenvalue weighted by Crippen LogP contribution is -2.40. The average molecular weight is 248 g/mol. The predicted octanol–water partition coefficient (Wildman–Crippen LogP) is 1.33. The van der Waals surface area contributed by atoms with Crippen LogP contribution in [0.5, 0.6) is 0 Å². The molecule has 17 heavy (non-hydrogen) atoms. The van der Waals surface area contributed by atoms with Crippen LogP contribution in [0.15, 0.2) is 0 Å². The molecule has 0 aliphatic carbocycles. The Balaban J connectivity index is 2.86. The van der Waals surface area contributed by atoms with Gasteiger partial charge >= 0.3 is 6.18 Å². The molecule has 1 aliphatic rings. The molecule has 0 radical (unpaired) electrons. The van der Waals surface area contributed by atoms with E-state index in [-0.39, 0.29) is 0 Å². The van der Waals surface area contributed by atoms with Crippen LogP contribution in [0.2, 0.25) is 0 Å². The number of rotatable bonds is 2. The highest BCUT2D eigenvalue weighted by atomic mass is 19.4. The molecule has 3 atom stereocenters. The van der Waals surface area contributed by atoms with Crippen molar-refractivity contribution in [2.45, 2.75) is 20.0 Å². The van der Waals surface area contributed by atoms with Gasteiger partial charge in [-0.25, -0.2) is 0 Å². The minimum atomic E-state index is -4.73. The number of carbonyl (C=O) groups excluding carboxylic acids is 2. The second kappa shape index (κ2) is 4.35. The molecule has 0 bridgehead atoms. The van der Waals surface area contributed by atoms with Crippen molar-refractivity contribution in [1.29, 1.82) is 5.26 Å². The van der Waals surface area contributed by atoms with E-state index in [0.717, 1.165) is 6.07 Å². The summed E-state index contributed by atoms with van der Waals surface area (Å²) in [4.78, 5) is 23.6. The monoisotopic (exact) mass is 248 g/mol. The molecule has 0 aromatic rings. The summed E-state index contributed by atoms with van der Waals surface area (Å²) in [6.07, 6.45) is -4.73. The molecule has 0 aromatic carbocycles. The summed E-state index contributed by atoms with van der Waals surface area (Å²) >= 11 is 0. The second-order valence-electron chi connectivity index (χ2n) is 4.09. The van der Waals surface area contributed by atoms with Crippen molar-refractivity contribution >= 4 is 11.8 Å². The minimum Gasteiger partial charge on any atom is -0.280 e. The van der Waals surface area contributed by atoms with E-state index in [2.05, 4.69) is 0 Å². The van der Waals surface area contributed by atoms with Crippen LogP contribution >= 0.6 is 0 Å². The van der Waals surface area contributed by atoms with E-state index in [1.165, 1.54) is 13.8 Å². The van der Waals surface area contributed by atoms with E-state index in [1.54, 1.807) is 0 Å². The number of halogens is 3. The maximum Gasteiger partial charge on any atom is 0.406 e. The Morgan fingerprint density at radius 1 is 1.29 bits per heavy atom. The average Bonchev–Trinajstić information content (AvgIpc) is 2.40. The van der Waals surface area contributed by atoms with Crippen LogP contribution < -0.4 is 0 Å². The van der Waals surface area contributed by atoms with Crippen LogP contribution in [0.3, 0.4) is 0 Å². The normalized spacial score (nSPS) is 27.2. The molecule has 4 nitrogen and oxygen atoms in total. The molecule has 3 unspecified atom stereocenters. The number of alkyl halides is 3. The fraction of sp³-hybridized carbons (Fsp3) is 0.700. The zero-order chi connectivity index (χ0) is 13.4. The number of carbonyl (C=O) groups is 2. The van der Waals surface area contributed by atoms with Gasteiger partial charge in [-0.3, -0.25) is 14.5 Å². The predicted molar refractivity (Wildman–Crippen MR) is 50.2 cm³/mol. The lowest BCUT2D eigenvalue weighted by Gasteiger charge is -2.19. The standard InChI is InChI=1S/C10H11F3N2O2/c1-5-6(2)9(17)15(8(5)16)4-7(3-14)10(11,12)13/h5-7H,4H2,1-2H3. The summed E-state index contributed by atoms with van der Waals surface area (Å²) in [5.41, 5.74) is 0. The van der Waals surface area contributed by atoms with Gasteiger partial charge in [0, 0.05) is 11.8 Å². The van der Waals surface area contributed by atoms with Gasteiger partial charge in [-0.1, -0.05) is 13.8 Å². The van der Waals surface area contributed by atoms with Gasteiger partial charge in [0.2, 0.25) is 11.8 Å². The summed E-state index contributed by atoms with van der Waals surface area (Å²) < 4.78 is 37.1. The quantitative estimate of drug-likeness (QED) is 0.692. The van der Waals surface area contributed by atoms with Crippen LogP contribution in [0, 0.1) is 29.1 Å². The fourth-order valence-electron chi connectivity index (χ4n) is 1.61. The fourth-order valence-corrected chi connectivity index (χ4v) is 1.61. The number of likely N-dealkylation sites (tertiary alicyclic amines) is 1. The summed E-state index contributed by atoms with van der Waals surface area (Å²) in [6.45, 7) is 2.06. The van der Waals surface area contributed by atoms with E-state index in [0.29, 0.717) is 4.90 Å². The largest absolute Gasteiger partial charge is 0.406 e. The molecular weight excluding hydrogens is 237 g/mol. The Kier molecular flexibility index (Phi) is 3.45. The van der Waals surface area contributed by atoms with Gasteiger partial charge in [0.1, 0.15) is 0 Å². The van der Waals surface area contributed by atoms with E-state index < -0.39 is 42.3 Å². The summed E-state index contributed by atoms with van der Waals surface area (Å²) in [6, 6.07) is 1.07. The summed E-state index contributed by atoms with van der Waals surface area (Å²) in [5, 5.41) is 8.41. The molecule has 94 valence electrons. The molecule has 0 saturated carbocycles. The topological polar surface area (TPSA) is 61.2 Å². The van der Waals surface area contributed by atoms with Crippen LogP contribution in [-0.2, 0) is 9.59 Å². The number of hydrogen-bond donors (Lipinski definition) is 0. The SMILES string of the molecule is CC1C(=O)N(CC(C#N)C(F)(F)F)C(=O)C1C. The van der Waals surface area contributed by atoms with E-state index >= 15 is 0 Å². The van der Waals surface area contributed by atoms with Crippen molar-refractivity contribution in [1.82, 2.24) is 4.90 Å². The molecule has 2 amide bonds. The van der Waals surface area contributed by atoms with Gasteiger partial charge in [0.15, 0.2) is 5.92 Å². The van der Waals surface area contributed by atoms with Gasteiger partial charge in [-0.2, -0.15) is 18.4 Å². The lowest BCUT2D eigenvalue weighted by atomic mass is 10.00. The first-order chi connectivity index (χ1) is 7.70. The van der Waals surface area contributed by atoms with Crippen molar-refractivity contribution in [3.63, 3.8) is 0 Å². The van der Waals surface area contributed by atoms with Gasteiger partial charge in [0.25, 0.3) is 0 Å². The van der Waals surface area contributed by atoms with Gasteiger partial charge in [-0.15, -0.1) is 0 Å². The van der Waals surface area contributed by atoms with Gasteiger partial charge in [0.05, 0.1) is 12.6 Å². The smallest absolute Gasteiger partial charge is 0.280 e. The highest BCUT2D eigenvalue weighted by Gasteiger charge is 2.48. The van der Waals surface area contributed by atoms with E-state index in [1.807, 2.05) is 0 Å². The number of nitrogens with zero attached hydrogens (tertiary/aromatic N) is 2. The van der Waals surface area contributed by atoms with Crippen molar-refractivity contribution in [3.05, 3.63) is 0 Å². The molecule has 1 fully saturated rings. The van der Waals surface area contributed by atoms with Crippen LogP contribution in [0.1, 0.15) is 13.8 Å². The highest BCUT2D eigenvalue weighted by Crippen LogP contribution is 2.31. The molecule has 1 aliphatic heterocycles. The third kappa shape index (κ3) is 2.40. The van der Waals surface area contributed by atoms with Crippen LogP contribution in [0.4, 0.5) is 13.2 Å². The third-order valence-corrected chi connectivity index (χ3v) is 2.98. The van der Waals surface area contributed by atoms with Crippen molar-refractivity contribution in [2.75, 3.05) is 6.54 Å². The van der Waals surface area contributed by atoms with Crippen molar-refractivity contribution in [2.24, 2.45) is 17.8 Å². The Hall–Kier alpha value is -1.58. The van der Waals surface area contributed by atoms with Gasteiger partial charge in [-0.05, 0) is 0 Å². The maximum absolute atomic E-state index is 12.4. The third-order valence-electron chi connectivity index (χ3n) is 2.98. The first-order valence-electron chi connectivity index (χ1n) is 5.01. The lowest BCUT2D eigenvalue weighted by molar-refractivity contribution is -0.167. The second-order valence-corrected chi connectivity index (χ2v) is 4.09. The number of imide groups is 1. The first kappa shape index (κ1) is 13.5. The molecule has 0 spiro atoms. The Morgan fingerprint density at radius 3 is 2.00 bits per heavy atom. The highest BCUT2D eigenvalue weighted by molar-refractivity contribution is 6.04. The first-order valence-corrected chi connectivity index (χ1v) is 5.01. The summed E-state index contributed by atoms with van der Waals surface area (Å²) in [7, 11) is 0. The van der Waals surface area contributed by atoms with Gasteiger partial charge < -0.3 is 0 Å². The molecule has 1 heterocycles. The summed E-state index contributed by atoms with van der Waals surface area (Å²) in [5.74, 6) is -4.88. The minimum absolute atomic E-state index is 0.538. The van der Waals surface area contributed by atoms with Crippen molar-refractivity contribution in [3.8, 4) is 6.07 Å². The Bertz CT molecular complexity index is 366. The van der Waals surface area contributed by atoms with Crippen molar-refractivity contribution < 1.29 is 22.8 Å².